The molecule has 1 heterocycles. The maximum absolute atomic E-state index is 5.15. The minimum atomic E-state index is 0.631. The molecule has 0 aliphatic carbocycles. The van der Waals surface area contributed by atoms with Crippen LogP contribution in [0.5, 0.6) is 0 Å². The zero-order chi connectivity index (χ0) is 6.69. The molecular weight excluding hydrogens is 130 g/mol. The van der Waals surface area contributed by atoms with Crippen molar-refractivity contribution in [3.63, 3.8) is 0 Å². The van der Waals surface area contributed by atoms with Crippen LogP contribution in [-0.4, -0.2) is 28.5 Å². The molecule has 1 nitrogen and oxygen atoms in total. The van der Waals surface area contributed by atoms with Gasteiger partial charge in [-0.25, -0.2) is 4.58 Å². The van der Waals surface area contributed by atoms with E-state index in [1.807, 2.05) is 11.8 Å². The molecule has 1 unspecified atom stereocenters. The largest absolute Gasteiger partial charge is 0.216 e. The zero-order valence-electron chi connectivity index (χ0n) is 5.50. The molecule has 48 valence electrons. The minimum Gasteiger partial charge on any atom is -0.216 e. The Hall–Kier alpha value is -0.420. The van der Waals surface area contributed by atoms with E-state index in [0.717, 1.165) is 6.54 Å². The summed E-state index contributed by atoms with van der Waals surface area (Å²) in [6.07, 6.45) is 5.15. The third-order valence-corrected chi connectivity index (χ3v) is 2.48. The SMILES string of the molecule is C#CC[N+]1=CSCC1C. The molecule has 1 atom stereocenters. The average Bonchev–Trinajstić information content (AvgIpc) is 2.18. The molecule has 2 heteroatoms. The third kappa shape index (κ3) is 1.49. The van der Waals surface area contributed by atoms with Crippen LogP contribution >= 0.6 is 11.8 Å². The first-order valence-electron chi connectivity index (χ1n) is 2.98. The van der Waals surface area contributed by atoms with Crippen molar-refractivity contribution in [1.29, 1.82) is 0 Å². The number of terminal acetylenes is 1. The Morgan fingerprint density at radius 1 is 2.00 bits per heavy atom. The normalized spacial score (nSPS) is 25.3. The van der Waals surface area contributed by atoms with Gasteiger partial charge in [-0.05, 0) is 12.8 Å². The summed E-state index contributed by atoms with van der Waals surface area (Å²) in [5, 5.41) is 0. The second kappa shape index (κ2) is 2.93. The standard InChI is InChI=1S/C7H10NS/c1-3-4-8-6-9-5-7(8)2/h1,6-7H,4-5H2,2H3/q+1. The van der Waals surface area contributed by atoms with Crippen molar-refractivity contribution >= 4 is 17.3 Å². The lowest BCUT2D eigenvalue weighted by molar-refractivity contribution is -0.536. The van der Waals surface area contributed by atoms with Gasteiger partial charge in [0.15, 0.2) is 11.6 Å². The first-order valence-corrected chi connectivity index (χ1v) is 4.03. The van der Waals surface area contributed by atoms with Crippen molar-refractivity contribution in [2.24, 2.45) is 0 Å². The summed E-state index contributed by atoms with van der Waals surface area (Å²) in [5.74, 6) is 3.80. The van der Waals surface area contributed by atoms with E-state index in [1.165, 1.54) is 5.75 Å². The number of rotatable bonds is 1. The summed E-state index contributed by atoms with van der Waals surface area (Å²) in [6, 6.07) is 0.631. The Morgan fingerprint density at radius 3 is 3.22 bits per heavy atom. The summed E-state index contributed by atoms with van der Waals surface area (Å²) in [4.78, 5) is 0. The Kier molecular flexibility index (Phi) is 2.18. The summed E-state index contributed by atoms with van der Waals surface area (Å²) in [6.45, 7) is 2.95. The minimum absolute atomic E-state index is 0.631. The smallest absolute Gasteiger partial charge is 0.204 e. The van der Waals surface area contributed by atoms with Crippen LogP contribution in [0.15, 0.2) is 0 Å². The fourth-order valence-electron chi connectivity index (χ4n) is 0.776. The highest BCUT2D eigenvalue weighted by atomic mass is 32.2. The molecule has 1 rings (SSSR count). The van der Waals surface area contributed by atoms with Gasteiger partial charge in [0.1, 0.15) is 0 Å². The number of nitrogens with zero attached hydrogens (tertiary/aromatic N) is 1. The number of hydrogen-bond donors (Lipinski definition) is 0. The van der Waals surface area contributed by atoms with Gasteiger partial charge in [-0.15, -0.1) is 6.42 Å². The topological polar surface area (TPSA) is 3.01 Å². The molecule has 1 aliphatic rings. The Morgan fingerprint density at radius 2 is 2.78 bits per heavy atom. The van der Waals surface area contributed by atoms with E-state index in [2.05, 4.69) is 23.0 Å². The van der Waals surface area contributed by atoms with Crippen LogP contribution in [0, 0.1) is 12.3 Å². The molecular formula is C7H10NS+. The van der Waals surface area contributed by atoms with E-state index in [1.54, 1.807) is 0 Å². The van der Waals surface area contributed by atoms with Crippen molar-refractivity contribution in [2.45, 2.75) is 13.0 Å². The quantitative estimate of drug-likeness (QED) is 0.384. The fourth-order valence-corrected chi connectivity index (χ4v) is 1.81. The van der Waals surface area contributed by atoms with Gasteiger partial charge >= 0.3 is 0 Å². The van der Waals surface area contributed by atoms with E-state index in [9.17, 15) is 0 Å². The predicted molar refractivity (Wildman–Crippen MR) is 41.9 cm³/mol. The van der Waals surface area contributed by atoms with Crippen LogP contribution in [0.4, 0.5) is 0 Å². The molecule has 0 aromatic carbocycles. The van der Waals surface area contributed by atoms with Crippen molar-refractivity contribution in [2.75, 3.05) is 12.3 Å². The van der Waals surface area contributed by atoms with E-state index in [0.29, 0.717) is 6.04 Å². The van der Waals surface area contributed by atoms with Crippen LogP contribution in [0.2, 0.25) is 0 Å². The number of hydrogen-bond acceptors (Lipinski definition) is 1. The first-order chi connectivity index (χ1) is 4.34. The lowest BCUT2D eigenvalue weighted by Gasteiger charge is -1.97. The van der Waals surface area contributed by atoms with Crippen molar-refractivity contribution < 1.29 is 4.58 Å². The van der Waals surface area contributed by atoms with Gasteiger partial charge in [-0.3, -0.25) is 0 Å². The molecule has 0 amide bonds. The monoisotopic (exact) mass is 140 g/mol. The molecule has 0 saturated carbocycles. The van der Waals surface area contributed by atoms with E-state index < -0.39 is 0 Å². The van der Waals surface area contributed by atoms with Crippen molar-refractivity contribution in [3.8, 4) is 12.3 Å². The van der Waals surface area contributed by atoms with Gasteiger partial charge in [0.05, 0.1) is 5.75 Å². The Balaban J connectivity index is 2.50. The maximum atomic E-state index is 5.15. The summed E-state index contributed by atoms with van der Waals surface area (Å²) in [5.41, 5.74) is 2.12. The summed E-state index contributed by atoms with van der Waals surface area (Å²) in [7, 11) is 0. The van der Waals surface area contributed by atoms with Crippen LogP contribution in [0.1, 0.15) is 6.92 Å². The zero-order valence-corrected chi connectivity index (χ0v) is 6.32. The summed E-state index contributed by atoms with van der Waals surface area (Å²) >= 11 is 1.84. The van der Waals surface area contributed by atoms with Crippen molar-refractivity contribution in [3.05, 3.63) is 0 Å². The maximum Gasteiger partial charge on any atom is 0.204 e. The van der Waals surface area contributed by atoms with E-state index in [-0.39, 0.29) is 0 Å². The molecule has 0 aromatic rings. The van der Waals surface area contributed by atoms with E-state index in [4.69, 9.17) is 6.42 Å². The van der Waals surface area contributed by atoms with Gasteiger partial charge in [0, 0.05) is 0 Å². The molecule has 0 spiro atoms. The van der Waals surface area contributed by atoms with Crippen molar-refractivity contribution in [1.82, 2.24) is 0 Å². The van der Waals surface area contributed by atoms with Crippen LogP contribution < -0.4 is 0 Å². The van der Waals surface area contributed by atoms with Gasteiger partial charge in [0.25, 0.3) is 0 Å². The van der Waals surface area contributed by atoms with Gasteiger partial charge in [-0.2, -0.15) is 0 Å². The Labute approximate surface area is 60.2 Å². The highest BCUT2D eigenvalue weighted by Crippen LogP contribution is 2.09. The molecule has 9 heavy (non-hydrogen) atoms. The lowest BCUT2D eigenvalue weighted by Crippen LogP contribution is -2.20. The highest BCUT2D eigenvalue weighted by Gasteiger charge is 2.19. The predicted octanol–water partition coefficient (Wildman–Crippen LogP) is 0.796. The van der Waals surface area contributed by atoms with Gasteiger partial charge < -0.3 is 0 Å². The van der Waals surface area contributed by atoms with Gasteiger partial charge in [0.2, 0.25) is 6.54 Å². The molecule has 1 aliphatic heterocycles. The fraction of sp³-hybridized carbons (Fsp3) is 0.571. The van der Waals surface area contributed by atoms with Crippen LogP contribution in [0.25, 0.3) is 0 Å². The first kappa shape index (κ1) is 6.70. The number of thioether (sulfide) groups is 1. The second-order valence-corrected chi connectivity index (χ2v) is 3.04. The molecule has 0 N–H and O–H groups in total. The van der Waals surface area contributed by atoms with E-state index >= 15 is 0 Å². The molecule has 0 radical (unpaired) electrons. The third-order valence-electron chi connectivity index (χ3n) is 1.39. The molecule has 0 fully saturated rings. The summed E-state index contributed by atoms with van der Waals surface area (Å²) < 4.78 is 2.19. The molecule has 0 saturated heterocycles. The Bertz CT molecular complexity index is 166. The average molecular weight is 140 g/mol. The lowest BCUT2D eigenvalue weighted by atomic mass is 10.4. The van der Waals surface area contributed by atoms with Gasteiger partial charge in [-0.1, -0.05) is 11.8 Å². The molecule has 0 bridgehead atoms. The molecule has 0 aromatic heterocycles. The highest BCUT2D eigenvalue weighted by molar-refractivity contribution is 8.12. The second-order valence-electron chi connectivity index (χ2n) is 2.16. The van der Waals surface area contributed by atoms with Crippen LogP contribution in [0.3, 0.4) is 0 Å². The van der Waals surface area contributed by atoms with Crippen LogP contribution in [-0.2, 0) is 0 Å².